The number of amides is 1. The smallest absolute Gasteiger partial charge is 0.254 e. The maximum Gasteiger partial charge on any atom is 0.254 e. The molecule has 146 valence electrons. The molecular formula is C22H25N3O3. The number of hydrogen-bond acceptors (Lipinski definition) is 5. The van der Waals surface area contributed by atoms with Crippen molar-refractivity contribution in [2.75, 3.05) is 51.9 Å². The largest absolute Gasteiger partial charge is 0.383 e. The molecule has 2 aromatic rings. The molecule has 1 amide bonds. The van der Waals surface area contributed by atoms with E-state index in [0.29, 0.717) is 38.5 Å². The van der Waals surface area contributed by atoms with Gasteiger partial charge in [-0.1, -0.05) is 24.3 Å². The lowest BCUT2D eigenvalue weighted by Crippen LogP contribution is -2.40. The second kappa shape index (κ2) is 8.54. The highest BCUT2D eigenvalue weighted by atomic mass is 16.5. The number of benzene rings is 1. The highest BCUT2D eigenvalue weighted by Crippen LogP contribution is 2.35. The molecule has 28 heavy (non-hydrogen) atoms. The number of allylic oxidation sites excluding steroid dienone is 1. The molecule has 1 fully saturated rings. The Labute approximate surface area is 165 Å². The monoisotopic (exact) mass is 379 g/mol. The topological polar surface area (TPSA) is 63.7 Å². The SMILES string of the molecule is COCCNc1c(-c2ccc(C(=O)N3CCOCC3)cc2)cnc2c1C=CC2. The minimum absolute atomic E-state index is 0.0586. The van der Waals surface area contributed by atoms with E-state index in [9.17, 15) is 4.79 Å². The number of methoxy groups -OCH3 is 1. The van der Waals surface area contributed by atoms with Gasteiger partial charge in [-0.05, 0) is 17.7 Å². The van der Waals surface area contributed by atoms with Crippen LogP contribution in [0.3, 0.4) is 0 Å². The average molecular weight is 379 g/mol. The van der Waals surface area contributed by atoms with E-state index in [2.05, 4.69) is 22.5 Å². The van der Waals surface area contributed by atoms with Crippen LogP contribution in [-0.2, 0) is 15.9 Å². The van der Waals surface area contributed by atoms with Gasteiger partial charge in [-0.3, -0.25) is 9.78 Å². The third-order valence-electron chi connectivity index (χ3n) is 5.14. The summed E-state index contributed by atoms with van der Waals surface area (Å²) in [6.45, 7) is 3.86. The molecule has 0 saturated carbocycles. The predicted molar refractivity (Wildman–Crippen MR) is 109 cm³/mol. The van der Waals surface area contributed by atoms with Crippen molar-refractivity contribution < 1.29 is 14.3 Å². The van der Waals surface area contributed by atoms with Gasteiger partial charge >= 0.3 is 0 Å². The third-order valence-corrected chi connectivity index (χ3v) is 5.14. The number of morpholine rings is 1. The van der Waals surface area contributed by atoms with Gasteiger partial charge in [0.1, 0.15) is 0 Å². The first-order chi connectivity index (χ1) is 13.8. The molecule has 2 heterocycles. The number of rotatable bonds is 6. The third kappa shape index (κ3) is 3.79. The second-order valence-corrected chi connectivity index (χ2v) is 6.92. The lowest BCUT2D eigenvalue weighted by molar-refractivity contribution is 0.0303. The molecule has 6 nitrogen and oxygen atoms in total. The van der Waals surface area contributed by atoms with Gasteiger partial charge in [0.25, 0.3) is 5.91 Å². The fraction of sp³-hybridized carbons (Fsp3) is 0.364. The first-order valence-electron chi connectivity index (χ1n) is 9.66. The van der Waals surface area contributed by atoms with Gasteiger partial charge in [0.05, 0.1) is 31.2 Å². The molecule has 0 bridgehead atoms. The zero-order chi connectivity index (χ0) is 19.3. The van der Waals surface area contributed by atoms with Crippen molar-refractivity contribution in [1.29, 1.82) is 0 Å². The molecule has 1 aliphatic heterocycles. The second-order valence-electron chi connectivity index (χ2n) is 6.92. The van der Waals surface area contributed by atoms with Gasteiger partial charge in [0.15, 0.2) is 0 Å². The van der Waals surface area contributed by atoms with Crippen molar-refractivity contribution in [3.8, 4) is 11.1 Å². The zero-order valence-electron chi connectivity index (χ0n) is 16.1. The van der Waals surface area contributed by atoms with Crippen LogP contribution in [0, 0.1) is 0 Å². The Kier molecular flexibility index (Phi) is 5.69. The molecule has 1 N–H and O–H groups in total. The Morgan fingerprint density at radius 3 is 2.79 bits per heavy atom. The van der Waals surface area contributed by atoms with Gasteiger partial charge in [-0.2, -0.15) is 0 Å². The zero-order valence-corrected chi connectivity index (χ0v) is 16.1. The van der Waals surface area contributed by atoms with Crippen molar-refractivity contribution in [1.82, 2.24) is 9.88 Å². The number of fused-ring (bicyclic) bond motifs is 1. The fourth-order valence-electron chi connectivity index (χ4n) is 3.63. The molecule has 1 aliphatic carbocycles. The normalized spacial score (nSPS) is 15.5. The van der Waals surface area contributed by atoms with Gasteiger partial charge in [-0.15, -0.1) is 0 Å². The summed E-state index contributed by atoms with van der Waals surface area (Å²) in [5.74, 6) is 0.0586. The van der Waals surface area contributed by atoms with Crippen LogP contribution in [0.2, 0.25) is 0 Å². The Bertz CT molecular complexity index is 871. The van der Waals surface area contributed by atoms with Crippen molar-refractivity contribution in [3.05, 3.63) is 53.4 Å². The van der Waals surface area contributed by atoms with Crippen LogP contribution >= 0.6 is 0 Å². The Balaban J connectivity index is 1.60. The first kappa shape index (κ1) is 18.7. The molecule has 6 heteroatoms. The summed E-state index contributed by atoms with van der Waals surface area (Å²) in [5.41, 5.74) is 6.07. The lowest BCUT2D eigenvalue weighted by atomic mass is 10.00. The number of anilines is 1. The summed E-state index contributed by atoms with van der Waals surface area (Å²) in [6, 6.07) is 7.79. The summed E-state index contributed by atoms with van der Waals surface area (Å²) in [7, 11) is 1.70. The quantitative estimate of drug-likeness (QED) is 0.782. The molecule has 0 spiro atoms. The molecule has 0 atom stereocenters. The number of pyridine rings is 1. The van der Waals surface area contributed by atoms with Gasteiger partial charge in [-0.25, -0.2) is 0 Å². The number of hydrogen-bond donors (Lipinski definition) is 1. The molecule has 2 aliphatic rings. The molecule has 1 aromatic heterocycles. The number of nitrogens with zero attached hydrogens (tertiary/aromatic N) is 2. The number of carbonyl (C=O) groups is 1. The molecule has 1 saturated heterocycles. The lowest BCUT2D eigenvalue weighted by Gasteiger charge is -2.27. The molecular weight excluding hydrogens is 354 g/mol. The van der Waals surface area contributed by atoms with Crippen molar-refractivity contribution in [2.45, 2.75) is 6.42 Å². The van der Waals surface area contributed by atoms with E-state index in [1.807, 2.05) is 35.4 Å². The van der Waals surface area contributed by atoms with E-state index in [1.165, 1.54) is 0 Å². The Morgan fingerprint density at radius 2 is 2.04 bits per heavy atom. The summed E-state index contributed by atoms with van der Waals surface area (Å²) < 4.78 is 10.5. The molecule has 0 radical (unpaired) electrons. The number of carbonyl (C=O) groups excluding carboxylic acids is 1. The minimum atomic E-state index is 0.0586. The van der Waals surface area contributed by atoms with Crippen molar-refractivity contribution in [3.63, 3.8) is 0 Å². The molecule has 4 rings (SSSR count). The van der Waals surface area contributed by atoms with E-state index in [4.69, 9.17) is 9.47 Å². The number of ether oxygens (including phenoxy) is 2. The van der Waals surface area contributed by atoms with Crippen LogP contribution in [0.1, 0.15) is 21.6 Å². The van der Waals surface area contributed by atoms with E-state index in [1.54, 1.807) is 7.11 Å². The maximum absolute atomic E-state index is 12.7. The van der Waals surface area contributed by atoms with Crippen molar-refractivity contribution in [2.24, 2.45) is 0 Å². The Morgan fingerprint density at radius 1 is 1.25 bits per heavy atom. The van der Waals surface area contributed by atoms with Crippen LogP contribution in [0.4, 0.5) is 5.69 Å². The highest BCUT2D eigenvalue weighted by Gasteiger charge is 2.20. The summed E-state index contributed by atoms with van der Waals surface area (Å²) in [6.07, 6.45) is 7.03. The maximum atomic E-state index is 12.7. The summed E-state index contributed by atoms with van der Waals surface area (Å²) in [5, 5.41) is 3.50. The van der Waals surface area contributed by atoms with E-state index >= 15 is 0 Å². The van der Waals surface area contributed by atoms with Gasteiger partial charge in [0, 0.05) is 56.1 Å². The first-order valence-corrected chi connectivity index (χ1v) is 9.66. The number of nitrogens with one attached hydrogen (secondary N) is 1. The van der Waals surface area contributed by atoms with E-state index < -0.39 is 0 Å². The van der Waals surface area contributed by atoms with Crippen molar-refractivity contribution >= 4 is 17.7 Å². The summed E-state index contributed by atoms with van der Waals surface area (Å²) in [4.78, 5) is 19.1. The fourth-order valence-corrected chi connectivity index (χ4v) is 3.63. The van der Waals surface area contributed by atoms with Crippen LogP contribution in [0.25, 0.3) is 17.2 Å². The highest BCUT2D eigenvalue weighted by molar-refractivity contribution is 5.95. The predicted octanol–water partition coefficient (Wildman–Crippen LogP) is 2.85. The van der Waals surface area contributed by atoms with Gasteiger partial charge < -0.3 is 19.7 Å². The number of aromatic nitrogens is 1. The van der Waals surface area contributed by atoms with Crippen LogP contribution in [0.15, 0.2) is 36.5 Å². The van der Waals surface area contributed by atoms with E-state index in [0.717, 1.165) is 41.0 Å². The van der Waals surface area contributed by atoms with Crippen LogP contribution in [0.5, 0.6) is 0 Å². The average Bonchev–Trinajstić information content (AvgIpc) is 3.23. The van der Waals surface area contributed by atoms with Crippen LogP contribution < -0.4 is 5.32 Å². The summed E-state index contributed by atoms with van der Waals surface area (Å²) >= 11 is 0. The minimum Gasteiger partial charge on any atom is -0.383 e. The Hall–Kier alpha value is -2.70. The van der Waals surface area contributed by atoms with E-state index in [-0.39, 0.29) is 5.91 Å². The van der Waals surface area contributed by atoms with Crippen LogP contribution in [-0.4, -0.2) is 62.4 Å². The standard InChI is InChI=1S/C22H25N3O3/c1-27-12-9-23-21-18-3-2-4-20(18)24-15-19(21)16-5-7-17(8-6-16)22(26)25-10-13-28-14-11-25/h2-3,5-8,15H,4,9-14H2,1H3,(H,23,24). The molecule has 0 unspecified atom stereocenters. The van der Waals surface area contributed by atoms with Gasteiger partial charge in [0.2, 0.25) is 0 Å². The molecule has 1 aromatic carbocycles.